The monoisotopic (exact) mass is 338 g/mol. The first-order valence-corrected chi connectivity index (χ1v) is 9.06. The first kappa shape index (κ1) is 13.9. The van der Waals surface area contributed by atoms with Gasteiger partial charge in [0.15, 0.2) is 0 Å². The molecule has 0 saturated carbocycles. The molecule has 0 unspecified atom stereocenters. The molecule has 0 aliphatic heterocycles. The molecule has 1 aromatic carbocycles. The number of hydrogen-bond acceptors (Lipinski definition) is 5. The van der Waals surface area contributed by atoms with Crippen molar-refractivity contribution in [2.75, 3.05) is 5.73 Å². The van der Waals surface area contributed by atoms with Crippen LogP contribution in [0.25, 0.3) is 10.6 Å². The maximum atomic E-state index is 6.16. The van der Waals surface area contributed by atoms with Crippen LogP contribution in [0.3, 0.4) is 0 Å². The Bertz CT molecular complexity index is 707. The Labute approximate surface area is 134 Å². The largest absolute Gasteiger partial charge is 0.399 e. The third-order valence-corrected chi connectivity index (χ3v) is 5.80. The third-order valence-electron chi connectivity index (χ3n) is 2.65. The van der Waals surface area contributed by atoms with Gasteiger partial charge in [0.05, 0.1) is 10.7 Å². The summed E-state index contributed by atoms with van der Waals surface area (Å²) >= 11 is 11.2. The van der Waals surface area contributed by atoms with Gasteiger partial charge in [-0.25, -0.2) is 4.98 Å². The first-order valence-electron chi connectivity index (χ1n) is 5.87. The molecule has 2 nitrogen and oxygen atoms in total. The molecule has 0 radical (unpaired) electrons. The number of aromatic nitrogens is 1. The van der Waals surface area contributed by atoms with Gasteiger partial charge in [-0.2, -0.15) is 11.3 Å². The Morgan fingerprint density at radius 3 is 2.95 bits per heavy atom. The lowest BCUT2D eigenvalue weighted by Gasteiger charge is -2.03. The molecule has 2 aromatic heterocycles. The average Bonchev–Trinajstić information content (AvgIpc) is 3.09. The number of nitrogens with two attached hydrogens (primary N) is 1. The van der Waals surface area contributed by atoms with E-state index in [1.807, 2.05) is 18.2 Å². The number of nitrogens with zero attached hydrogens (tertiary/aromatic N) is 1. The number of thioether (sulfide) groups is 1. The minimum Gasteiger partial charge on any atom is -0.399 e. The Balaban J connectivity index is 1.71. The molecule has 0 bridgehead atoms. The highest BCUT2D eigenvalue weighted by molar-refractivity contribution is 7.98. The number of rotatable bonds is 4. The summed E-state index contributed by atoms with van der Waals surface area (Å²) in [5.74, 6) is 0.795. The summed E-state index contributed by atoms with van der Waals surface area (Å²) < 4.78 is 0. The van der Waals surface area contributed by atoms with E-state index in [-0.39, 0.29) is 0 Å². The highest BCUT2D eigenvalue weighted by atomic mass is 35.5. The molecule has 0 aliphatic rings. The van der Waals surface area contributed by atoms with E-state index in [0.717, 1.165) is 32.1 Å². The molecule has 6 heteroatoms. The van der Waals surface area contributed by atoms with E-state index in [2.05, 4.69) is 27.2 Å². The highest BCUT2D eigenvalue weighted by Crippen LogP contribution is 2.33. The van der Waals surface area contributed by atoms with Crippen LogP contribution in [0.5, 0.6) is 0 Å². The number of halogens is 1. The Morgan fingerprint density at radius 1 is 1.25 bits per heavy atom. The smallest absolute Gasteiger partial charge is 0.124 e. The molecule has 0 aliphatic carbocycles. The average molecular weight is 339 g/mol. The summed E-state index contributed by atoms with van der Waals surface area (Å²) in [7, 11) is 0. The van der Waals surface area contributed by atoms with Crippen molar-refractivity contribution < 1.29 is 0 Å². The first-order chi connectivity index (χ1) is 9.72. The van der Waals surface area contributed by atoms with E-state index >= 15 is 0 Å². The lowest BCUT2D eigenvalue weighted by molar-refractivity contribution is 1.23. The second-order valence-corrected chi connectivity index (χ2v) is 7.20. The van der Waals surface area contributed by atoms with Gasteiger partial charge in [-0.1, -0.05) is 11.6 Å². The second kappa shape index (κ2) is 6.18. The number of nitrogen functional groups attached to an aromatic ring is 1. The van der Waals surface area contributed by atoms with Crippen molar-refractivity contribution >= 4 is 51.7 Å². The molecule has 102 valence electrons. The van der Waals surface area contributed by atoms with Crippen LogP contribution in [-0.2, 0) is 5.75 Å². The molecule has 3 aromatic rings. The molecule has 0 spiro atoms. The normalized spacial score (nSPS) is 10.8. The van der Waals surface area contributed by atoms with Crippen LogP contribution in [0.2, 0.25) is 5.02 Å². The number of anilines is 1. The highest BCUT2D eigenvalue weighted by Gasteiger charge is 2.07. The molecule has 2 heterocycles. The topological polar surface area (TPSA) is 38.9 Å². The van der Waals surface area contributed by atoms with Gasteiger partial charge in [0, 0.05) is 32.7 Å². The predicted octanol–water partition coefficient (Wildman–Crippen LogP) is 5.40. The Kier molecular flexibility index (Phi) is 4.31. The lowest BCUT2D eigenvalue weighted by atomic mass is 10.3. The van der Waals surface area contributed by atoms with E-state index < -0.39 is 0 Å². The summed E-state index contributed by atoms with van der Waals surface area (Å²) in [6.45, 7) is 0. The zero-order chi connectivity index (χ0) is 13.9. The SMILES string of the molecule is Nc1ccc(Cl)c(SCc2csc(-c3ccsc3)n2)c1. The molecule has 0 fully saturated rings. The number of thiazole rings is 1. The summed E-state index contributed by atoms with van der Waals surface area (Å²) in [5, 5.41) is 8.08. The third kappa shape index (κ3) is 3.17. The van der Waals surface area contributed by atoms with Crippen LogP contribution in [0.4, 0.5) is 5.69 Å². The van der Waals surface area contributed by atoms with Gasteiger partial charge in [0.25, 0.3) is 0 Å². The van der Waals surface area contributed by atoms with Gasteiger partial charge in [-0.05, 0) is 29.6 Å². The van der Waals surface area contributed by atoms with E-state index in [9.17, 15) is 0 Å². The molecule has 0 saturated heterocycles. The van der Waals surface area contributed by atoms with Crippen molar-refractivity contribution in [2.24, 2.45) is 0 Å². The van der Waals surface area contributed by atoms with Gasteiger partial charge in [0.1, 0.15) is 5.01 Å². The van der Waals surface area contributed by atoms with Crippen molar-refractivity contribution in [3.8, 4) is 10.6 Å². The second-order valence-electron chi connectivity index (χ2n) is 4.13. The summed E-state index contributed by atoms with van der Waals surface area (Å²) in [6, 6.07) is 7.63. The van der Waals surface area contributed by atoms with Crippen LogP contribution in [0.1, 0.15) is 5.69 Å². The maximum Gasteiger partial charge on any atom is 0.124 e. The van der Waals surface area contributed by atoms with E-state index in [1.54, 1.807) is 34.4 Å². The van der Waals surface area contributed by atoms with Crippen LogP contribution < -0.4 is 5.73 Å². The zero-order valence-electron chi connectivity index (χ0n) is 10.4. The van der Waals surface area contributed by atoms with Crippen LogP contribution >= 0.6 is 46.0 Å². The fourth-order valence-electron chi connectivity index (χ4n) is 1.67. The van der Waals surface area contributed by atoms with Crippen LogP contribution in [0, 0.1) is 0 Å². The van der Waals surface area contributed by atoms with E-state index in [4.69, 9.17) is 17.3 Å². The van der Waals surface area contributed by atoms with Gasteiger partial charge in [0.2, 0.25) is 0 Å². The fraction of sp³-hybridized carbons (Fsp3) is 0.0714. The van der Waals surface area contributed by atoms with Crippen LogP contribution in [-0.4, -0.2) is 4.98 Å². The van der Waals surface area contributed by atoms with Crippen molar-refractivity contribution in [1.29, 1.82) is 0 Å². The summed E-state index contributed by atoms with van der Waals surface area (Å²) in [4.78, 5) is 5.65. The van der Waals surface area contributed by atoms with Gasteiger partial charge in [-0.3, -0.25) is 0 Å². The molecule has 20 heavy (non-hydrogen) atoms. The Hall–Kier alpha value is -1.01. The quantitative estimate of drug-likeness (QED) is 0.511. The molecule has 0 atom stereocenters. The molecular formula is C14H11ClN2S3. The molecule has 0 amide bonds. The molecule has 2 N–H and O–H groups in total. The standard InChI is InChI=1S/C14H11ClN2S3/c15-12-2-1-10(16)5-13(12)19-7-11-8-20-14(17-11)9-3-4-18-6-9/h1-6,8H,7,16H2. The number of benzene rings is 1. The van der Waals surface area contributed by atoms with E-state index in [0.29, 0.717) is 0 Å². The van der Waals surface area contributed by atoms with Gasteiger partial charge in [-0.15, -0.1) is 23.1 Å². The van der Waals surface area contributed by atoms with E-state index in [1.165, 1.54) is 5.56 Å². The van der Waals surface area contributed by atoms with Gasteiger partial charge < -0.3 is 5.73 Å². The molecular weight excluding hydrogens is 328 g/mol. The van der Waals surface area contributed by atoms with Gasteiger partial charge >= 0.3 is 0 Å². The van der Waals surface area contributed by atoms with Crippen molar-refractivity contribution in [2.45, 2.75) is 10.6 Å². The van der Waals surface area contributed by atoms with Crippen molar-refractivity contribution in [3.63, 3.8) is 0 Å². The van der Waals surface area contributed by atoms with Crippen LogP contribution in [0.15, 0.2) is 45.3 Å². The lowest BCUT2D eigenvalue weighted by Crippen LogP contribution is -1.86. The Morgan fingerprint density at radius 2 is 2.15 bits per heavy atom. The summed E-state index contributed by atoms with van der Waals surface area (Å²) in [6.07, 6.45) is 0. The minimum atomic E-state index is 0.731. The summed E-state index contributed by atoms with van der Waals surface area (Å²) in [5.41, 5.74) is 8.77. The predicted molar refractivity (Wildman–Crippen MR) is 90.9 cm³/mol. The minimum absolute atomic E-state index is 0.731. The molecule has 3 rings (SSSR count). The zero-order valence-corrected chi connectivity index (χ0v) is 13.6. The number of hydrogen-bond donors (Lipinski definition) is 1. The van der Waals surface area contributed by atoms with Crippen molar-refractivity contribution in [1.82, 2.24) is 4.98 Å². The number of thiophene rings is 1. The maximum absolute atomic E-state index is 6.16. The van der Waals surface area contributed by atoms with Crippen molar-refractivity contribution in [3.05, 3.63) is 51.1 Å². The fourth-order valence-corrected chi connectivity index (χ4v) is 4.47.